The summed E-state index contributed by atoms with van der Waals surface area (Å²) in [5.74, 6) is -9.36. The van der Waals surface area contributed by atoms with Gasteiger partial charge in [-0.25, -0.2) is 0 Å². The van der Waals surface area contributed by atoms with E-state index in [9.17, 15) is 49.8 Å². The first-order chi connectivity index (χ1) is 19.6. The first-order valence-electron chi connectivity index (χ1n) is 13.8. The molecule has 13 nitrogen and oxygen atoms in total. The summed E-state index contributed by atoms with van der Waals surface area (Å²) in [5.41, 5.74) is -5.92. The van der Waals surface area contributed by atoms with Crippen molar-refractivity contribution in [2.45, 2.75) is 43.4 Å². The van der Waals surface area contributed by atoms with Gasteiger partial charge in [0.2, 0.25) is 5.78 Å². The number of hydrogen-bond acceptors (Lipinski definition) is 11. The highest BCUT2D eigenvalue weighted by atomic mass is 16.4. The van der Waals surface area contributed by atoms with Crippen LogP contribution in [0.15, 0.2) is 35.1 Å². The minimum atomic E-state index is -2.81. The number of carboxylic acid groups (broad SMARTS) is 1. The number of carbonyl (C=O) groups excluding carboxylic acids is 3. The number of Topliss-reactive ketones (excluding diaryl/α,β-unsaturated/α-hetero) is 2. The molecule has 226 valence electrons. The molecule has 4 aliphatic rings. The molecule has 2 fully saturated rings. The number of benzene rings is 1. The average molecular weight is 586 g/mol. The number of nitrogens with zero attached hydrogens (tertiary/aromatic N) is 2. The van der Waals surface area contributed by atoms with Gasteiger partial charge in [0.15, 0.2) is 11.4 Å². The average Bonchev–Trinajstić information content (AvgIpc) is 2.92. The molecule has 0 spiro atoms. The quantitative estimate of drug-likeness (QED) is 0.228. The number of fused-ring (bicyclic) bond motifs is 3. The van der Waals surface area contributed by atoms with Gasteiger partial charge in [-0.15, -0.1) is 0 Å². The molecule has 42 heavy (non-hydrogen) atoms. The van der Waals surface area contributed by atoms with Gasteiger partial charge < -0.3 is 36.0 Å². The lowest BCUT2D eigenvalue weighted by atomic mass is 9.54. The van der Waals surface area contributed by atoms with E-state index in [1.54, 1.807) is 4.90 Å². The Morgan fingerprint density at radius 2 is 1.83 bits per heavy atom. The molecule has 5 rings (SSSR count). The molecular weight excluding hydrogens is 550 g/mol. The van der Waals surface area contributed by atoms with E-state index in [0.717, 1.165) is 0 Å². The van der Waals surface area contributed by atoms with Gasteiger partial charge in [0, 0.05) is 24.0 Å². The van der Waals surface area contributed by atoms with Crippen LogP contribution in [0.4, 0.5) is 0 Å². The van der Waals surface area contributed by atoms with Crippen molar-refractivity contribution < 1.29 is 49.8 Å². The van der Waals surface area contributed by atoms with Crippen molar-refractivity contribution in [3.8, 4) is 5.75 Å². The van der Waals surface area contributed by atoms with Gasteiger partial charge in [-0.3, -0.25) is 29.0 Å². The second-order valence-corrected chi connectivity index (χ2v) is 12.0. The van der Waals surface area contributed by atoms with Gasteiger partial charge >= 0.3 is 5.97 Å². The Labute approximate surface area is 241 Å². The van der Waals surface area contributed by atoms with E-state index < -0.39 is 86.9 Å². The van der Waals surface area contributed by atoms with Crippen LogP contribution in [0.2, 0.25) is 0 Å². The molecule has 6 atom stereocenters. The molecule has 1 aromatic carbocycles. The third kappa shape index (κ3) is 4.22. The molecule has 1 aliphatic heterocycles. The topological polar surface area (TPSA) is 208 Å². The monoisotopic (exact) mass is 585 g/mol. The van der Waals surface area contributed by atoms with Gasteiger partial charge in [0.25, 0.3) is 5.91 Å². The van der Waals surface area contributed by atoms with Gasteiger partial charge in [-0.1, -0.05) is 12.1 Å². The van der Waals surface area contributed by atoms with E-state index in [0.29, 0.717) is 19.4 Å². The van der Waals surface area contributed by atoms with Gasteiger partial charge in [-0.2, -0.15) is 0 Å². The van der Waals surface area contributed by atoms with Crippen LogP contribution in [0.25, 0.3) is 5.76 Å². The second kappa shape index (κ2) is 10.2. The van der Waals surface area contributed by atoms with Crippen LogP contribution in [0.5, 0.6) is 5.75 Å². The number of hydrogen-bond donors (Lipinski definition) is 7. The second-order valence-electron chi connectivity index (χ2n) is 12.0. The number of piperidine rings is 1. The minimum Gasteiger partial charge on any atom is -0.508 e. The van der Waals surface area contributed by atoms with Crippen molar-refractivity contribution in [3.63, 3.8) is 0 Å². The van der Waals surface area contributed by atoms with Crippen molar-refractivity contribution in [3.05, 3.63) is 46.2 Å². The highest BCUT2D eigenvalue weighted by Gasteiger charge is 2.66. The molecule has 0 bridgehead atoms. The van der Waals surface area contributed by atoms with Crippen LogP contribution in [-0.4, -0.2) is 109 Å². The zero-order valence-electron chi connectivity index (χ0n) is 23.5. The summed E-state index contributed by atoms with van der Waals surface area (Å²) >= 11 is 0. The Balaban J connectivity index is 1.57. The largest absolute Gasteiger partial charge is 0.508 e. The Morgan fingerprint density at radius 3 is 2.48 bits per heavy atom. The Hall–Kier alpha value is -3.78. The number of likely N-dealkylation sites (tertiary alicyclic amines) is 1. The van der Waals surface area contributed by atoms with Gasteiger partial charge in [0.05, 0.1) is 29.8 Å². The maximum absolute atomic E-state index is 14.1. The number of amides is 1. The number of aliphatic hydroxyl groups excluding tert-OH is 2. The van der Waals surface area contributed by atoms with E-state index in [2.05, 4.69) is 5.32 Å². The number of phenolic OH excluding ortho intramolecular Hbond substituents is 1. The molecule has 7 N–H and O–H groups in total. The zero-order chi connectivity index (χ0) is 30.9. The van der Waals surface area contributed by atoms with E-state index in [4.69, 9.17) is 0 Å². The summed E-state index contributed by atoms with van der Waals surface area (Å²) in [6, 6.07) is 2.95. The summed E-state index contributed by atoms with van der Waals surface area (Å²) in [4.78, 5) is 55.7. The molecule has 1 aromatic rings. The van der Waals surface area contributed by atoms with Crippen molar-refractivity contribution >= 4 is 29.2 Å². The predicted molar refractivity (Wildman–Crippen MR) is 146 cm³/mol. The molecule has 1 amide bonds. The summed E-state index contributed by atoms with van der Waals surface area (Å²) in [7, 11) is 3.03. The first kappa shape index (κ1) is 29.7. The standard InChI is InChI=1S/C29H35N3O10/c1-28(41)14-7-4-8-17(33)18(14)22(34)19-15(28)10-16-21(31(2)3)23(35)20(25(37)29(16,42)24(19)36)26(38)30-12-32-9-5-6-13(11-32)27(39)40/h4,7-8,13,15-16,21,33-34,37,41-42H,5-6,9-12H2,1-3H3,(H,30,38)(H,39,40)/t13-,15+,16+,21+,28-,29+/m1/s1. The maximum atomic E-state index is 14.1. The number of likely N-dealkylation sites (N-methyl/N-ethyl adjacent to an activating group) is 1. The Bertz CT molecular complexity index is 1450. The molecule has 3 aliphatic carbocycles. The highest BCUT2D eigenvalue weighted by Crippen LogP contribution is 2.57. The molecule has 1 saturated carbocycles. The molecule has 1 saturated heterocycles. The van der Waals surface area contributed by atoms with Crippen molar-refractivity contribution in [1.82, 2.24) is 15.1 Å². The molecule has 13 heteroatoms. The molecular formula is C29H35N3O10. The number of phenols is 1. The number of rotatable bonds is 5. The van der Waals surface area contributed by atoms with Crippen molar-refractivity contribution in [2.24, 2.45) is 17.8 Å². The zero-order valence-corrected chi connectivity index (χ0v) is 23.5. The van der Waals surface area contributed by atoms with Crippen LogP contribution in [-0.2, 0) is 24.8 Å². The third-order valence-electron chi connectivity index (χ3n) is 9.32. The van der Waals surface area contributed by atoms with Crippen molar-refractivity contribution in [1.29, 1.82) is 0 Å². The maximum Gasteiger partial charge on any atom is 0.307 e. The number of aliphatic hydroxyl groups is 4. The van der Waals surface area contributed by atoms with Crippen LogP contribution >= 0.6 is 0 Å². The van der Waals surface area contributed by atoms with Crippen molar-refractivity contribution in [2.75, 3.05) is 33.9 Å². The van der Waals surface area contributed by atoms with Crippen LogP contribution in [0, 0.1) is 17.8 Å². The summed E-state index contributed by atoms with van der Waals surface area (Å²) in [5, 5.41) is 68.5. The van der Waals surface area contributed by atoms with Gasteiger partial charge in [-0.05, 0) is 58.5 Å². The number of carboxylic acids is 1. The van der Waals surface area contributed by atoms with E-state index in [-0.39, 0.29) is 30.8 Å². The molecule has 0 aromatic heterocycles. The van der Waals surface area contributed by atoms with E-state index in [1.165, 1.54) is 44.1 Å². The normalized spacial score (nSPS) is 33.3. The third-order valence-corrected chi connectivity index (χ3v) is 9.32. The first-order valence-corrected chi connectivity index (χ1v) is 13.8. The highest BCUT2D eigenvalue weighted by molar-refractivity contribution is 6.25. The lowest BCUT2D eigenvalue weighted by molar-refractivity contribution is -0.159. The Kier molecular flexibility index (Phi) is 7.21. The van der Waals surface area contributed by atoms with Crippen LogP contribution < -0.4 is 5.32 Å². The lowest BCUT2D eigenvalue weighted by Gasteiger charge is -2.53. The Morgan fingerprint density at radius 1 is 1.14 bits per heavy atom. The fourth-order valence-electron chi connectivity index (χ4n) is 7.16. The van der Waals surface area contributed by atoms with Gasteiger partial charge in [0.1, 0.15) is 22.8 Å². The SMILES string of the molecule is CN(C)[C@@H]1C(=O)C(C(=O)NCN2CCC[C@@H](C(=O)O)C2)=C(O)[C@@]2(O)C(=O)C3=C(O)c4c(O)cccc4[C@@](C)(O)[C@H]3C[C@@H]12. The van der Waals surface area contributed by atoms with E-state index >= 15 is 0 Å². The summed E-state index contributed by atoms with van der Waals surface area (Å²) in [6.07, 6.45) is 0.840. The molecule has 0 radical (unpaired) electrons. The van der Waals surface area contributed by atoms with Crippen LogP contribution in [0.1, 0.15) is 37.3 Å². The smallest absolute Gasteiger partial charge is 0.307 e. The number of carbonyl (C=O) groups is 4. The summed E-state index contributed by atoms with van der Waals surface area (Å²) in [6.45, 7) is 1.93. The molecule has 0 unspecified atom stereocenters. The number of aromatic hydroxyl groups is 1. The summed E-state index contributed by atoms with van der Waals surface area (Å²) < 4.78 is 0. The fraction of sp³-hybridized carbons (Fsp3) is 0.517. The van der Waals surface area contributed by atoms with Crippen LogP contribution in [0.3, 0.4) is 0 Å². The molecule has 1 heterocycles. The van der Waals surface area contributed by atoms with E-state index in [1.807, 2.05) is 0 Å². The minimum absolute atomic E-state index is 0.137. The predicted octanol–water partition coefficient (Wildman–Crippen LogP) is 0.0140. The number of aliphatic carboxylic acids is 1. The number of ketones is 2. The lowest BCUT2D eigenvalue weighted by Crippen LogP contribution is -2.67. The number of nitrogens with one attached hydrogen (secondary N) is 1. The fourth-order valence-corrected chi connectivity index (χ4v) is 7.16.